The molecule has 0 radical (unpaired) electrons. The molecule has 0 bridgehead atoms. The van der Waals surface area contributed by atoms with Crippen LogP contribution in [-0.4, -0.2) is 42.1 Å². The minimum Gasteiger partial charge on any atom is -0.347 e. The van der Waals surface area contributed by atoms with Crippen LogP contribution in [0, 0.1) is 11.8 Å². The van der Waals surface area contributed by atoms with Gasteiger partial charge in [0.15, 0.2) is 0 Å². The fraction of sp³-hybridized carbons (Fsp3) is 0.727. The van der Waals surface area contributed by atoms with Crippen LogP contribution in [0.2, 0.25) is 5.28 Å². The molecular weight excluding hydrogens is 238 g/mol. The van der Waals surface area contributed by atoms with Gasteiger partial charge in [-0.3, -0.25) is 0 Å². The Morgan fingerprint density at radius 1 is 1.12 bits per heavy atom. The lowest BCUT2D eigenvalue weighted by atomic mass is 10.0. The molecule has 1 aromatic heterocycles. The van der Waals surface area contributed by atoms with E-state index >= 15 is 0 Å². The molecule has 1 saturated heterocycles. The third kappa shape index (κ3) is 2.60. The first-order valence-electron chi connectivity index (χ1n) is 5.81. The van der Waals surface area contributed by atoms with Gasteiger partial charge in [0, 0.05) is 27.2 Å². The fourth-order valence-corrected chi connectivity index (χ4v) is 2.12. The summed E-state index contributed by atoms with van der Waals surface area (Å²) in [4.78, 5) is 16.7. The number of anilines is 2. The van der Waals surface area contributed by atoms with Crippen LogP contribution in [0.4, 0.5) is 11.9 Å². The maximum absolute atomic E-state index is 5.93. The van der Waals surface area contributed by atoms with Crippen LogP contribution in [0.1, 0.15) is 13.8 Å². The van der Waals surface area contributed by atoms with E-state index in [-0.39, 0.29) is 5.28 Å². The Kier molecular flexibility index (Phi) is 3.38. The maximum Gasteiger partial charge on any atom is 0.231 e. The standard InChI is InChI=1S/C11H18ClN5/c1-7-5-17(6-8(7)2)11-14-9(12)13-10(15-11)16(3)4/h7-8H,5-6H2,1-4H3. The summed E-state index contributed by atoms with van der Waals surface area (Å²) in [5, 5.41) is 0.255. The molecule has 0 aromatic carbocycles. The molecule has 2 unspecified atom stereocenters. The normalized spacial score (nSPS) is 24.2. The highest BCUT2D eigenvalue weighted by Gasteiger charge is 2.28. The van der Waals surface area contributed by atoms with Crippen molar-refractivity contribution in [1.29, 1.82) is 0 Å². The average molecular weight is 256 g/mol. The molecule has 94 valence electrons. The molecule has 1 aromatic rings. The lowest BCUT2D eigenvalue weighted by molar-refractivity contribution is 0.494. The number of aromatic nitrogens is 3. The van der Waals surface area contributed by atoms with Crippen molar-refractivity contribution in [2.75, 3.05) is 37.0 Å². The SMILES string of the molecule is CC1CN(c2nc(Cl)nc(N(C)C)n2)CC1C. The number of halogens is 1. The van der Waals surface area contributed by atoms with Crippen LogP contribution < -0.4 is 9.80 Å². The van der Waals surface area contributed by atoms with Crippen molar-refractivity contribution in [3.8, 4) is 0 Å². The lowest BCUT2D eigenvalue weighted by Gasteiger charge is -2.18. The van der Waals surface area contributed by atoms with Crippen LogP contribution in [0.25, 0.3) is 0 Å². The zero-order valence-corrected chi connectivity index (χ0v) is 11.4. The van der Waals surface area contributed by atoms with Crippen molar-refractivity contribution in [3.05, 3.63) is 5.28 Å². The van der Waals surface area contributed by atoms with E-state index in [4.69, 9.17) is 11.6 Å². The van der Waals surface area contributed by atoms with E-state index in [1.165, 1.54) is 0 Å². The minimum atomic E-state index is 0.255. The quantitative estimate of drug-likeness (QED) is 0.805. The smallest absolute Gasteiger partial charge is 0.231 e. The number of nitrogens with zero attached hydrogens (tertiary/aromatic N) is 5. The van der Waals surface area contributed by atoms with Crippen molar-refractivity contribution < 1.29 is 0 Å². The number of rotatable bonds is 2. The molecule has 2 rings (SSSR count). The van der Waals surface area contributed by atoms with Crippen LogP contribution >= 0.6 is 11.6 Å². The molecule has 17 heavy (non-hydrogen) atoms. The molecule has 1 aliphatic heterocycles. The predicted octanol–water partition coefficient (Wildman–Crippen LogP) is 1.68. The van der Waals surface area contributed by atoms with Gasteiger partial charge in [0.1, 0.15) is 0 Å². The Morgan fingerprint density at radius 2 is 1.71 bits per heavy atom. The average Bonchev–Trinajstić information content (AvgIpc) is 2.58. The Labute approximate surface area is 107 Å². The van der Waals surface area contributed by atoms with Gasteiger partial charge in [0.05, 0.1) is 0 Å². The summed E-state index contributed by atoms with van der Waals surface area (Å²) in [6.45, 7) is 6.46. The zero-order chi connectivity index (χ0) is 12.6. The summed E-state index contributed by atoms with van der Waals surface area (Å²) in [6, 6.07) is 0. The molecule has 2 atom stereocenters. The molecule has 5 nitrogen and oxygen atoms in total. The molecule has 1 aliphatic rings. The lowest BCUT2D eigenvalue weighted by Crippen LogP contribution is -2.24. The van der Waals surface area contributed by atoms with Crippen LogP contribution in [0.5, 0.6) is 0 Å². The Morgan fingerprint density at radius 3 is 2.24 bits per heavy atom. The summed E-state index contributed by atoms with van der Waals surface area (Å²) in [5.41, 5.74) is 0. The van der Waals surface area contributed by atoms with Crippen LogP contribution in [0.3, 0.4) is 0 Å². The van der Waals surface area contributed by atoms with Crippen LogP contribution in [0.15, 0.2) is 0 Å². The highest BCUT2D eigenvalue weighted by atomic mass is 35.5. The van der Waals surface area contributed by atoms with E-state index in [0.29, 0.717) is 23.7 Å². The van der Waals surface area contributed by atoms with Gasteiger partial charge in [-0.15, -0.1) is 0 Å². The zero-order valence-electron chi connectivity index (χ0n) is 10.7. The minimum absolute atomic E-state index is 0.255. The highest BCUT2D eigenvalue weighted by Crippen LogP contribution is 2.26. The van der Waals surface area contributed by atoms with E-state index < -0.39 is 0 Å². The van der Waals surface area contributed by atoms with Crippen molar-refractivity contribution in [3.63, 3.8) is 0 Å². The monoisotopic (exact) mass is 255 g/mol. The molecule has 0 aliphatic carbocycles. The molecule has 0 spiro atoms. The van der Waals surface area contributed by atoms with E-state index in [0.717, 1.165) is 13.1 Å². The van der Waals surface area contributed by atoms with Gasteiger partial charge < -0.3 is 9.80 Å². The predicted molar refractivity (Wildman–Crippen MR) is 69.7 cm³/mol. The maximum atomic E-state index is 5.93. The third-order valence-corrected chi connectivity index (χ3v) is 3.42. The summed E-state index contributed by atoms with van der Waals surface area (Å²) >= 11 is 5.93. The van der Waals surface area contributed by atoms with Gasteiger partial charge in [-0.25, -0.2) is 0 Å². The fourth-order valence-electron chi connectivity index (χ4n) is 1.96. The second kappa shape index (κ2) is 4.64. The third-order valence-electron chi connectivity index (χ3n) is 3.26. The van der Waals surface area contributed by atoms with Crippen molar-refractivity contribution >= 4 is 23.5 Å². The molecule has 6 heteroatoms. The number of hydrogen-bond donors (Lipinski definition) is 0. The van der Waals surface area contributed by atoms with Gasteiger partial charge in [-0.1, -0.05) is 13.8 Å². The summed E-state index contributed by atoms with van der Waals surface area (Å²) in [7, 11) is 3.79. The Balaban J connectivity index is 2.27. The highest BCUT2D eigenvalue weighted by molar-refractivity contribution is 6.28. The first kappa shape index (κ1) is 12.4. The molecule has 0 N–H and O–H groups in total. The molecule has 0 amide bonds. The summed E-state index contributed by atoms with van der Waals surface area (Å²) in [6.07, 6.45) is 0. The van der Waals surface area contributed by atoms with Crippen molar-refractivity contribution in [1.82, 2.24) is 15.0 Å². The topological polar surface area (TPSA) is 45.2 Å². The summed E-state index contributed by atoms with van der Waals surface area (Å²) < 4.78 is 0. The summed E-state index contributed by atoms with van der Waals surface area (Å²) in [5.74, 6) is 2.61. The van der Waals surface area contributed by atoms with Gasteiger partial charge in [-0.05, 0) is 23.4 Å². The van der Waals surface area contributed by atoms with E-state index in [9.17, 15) is 0 Å². The van der Waals surface area contributed by atoms with E-state index in [1.54, 1.807) is 0 Å². The second-order valence-corrected chi connectivity index (χ2v) is 5.30. The van der Waals surface area contributed by atoms with E-state index in [2.05, 4.69) is 33.7 Å². The Bertz CT molecular complexity index is 399. The first-order valence-corrected chi connectivity index (χ1v) is 6.19. The first-order chi connectivity index (χ1) is 7.97. The van der Waals surface area contributed by atoms with Gasteiger partial charge in [0.2, 0.25) is 17.2 Å². The van der Waals surface area contributed by atoms with Crippen molar-refractivity contribution in [2.24, 2.45) is 11.8 Å². The van der Waals surface area contributed by atoms with Crippen molar-refractivity contribution in [2.45, 2.75) is 13.8 Å². The van der Waals surface area contributed by atoms with Gasteiger partial charge in [-0.2, -0.15) is 15.0 Å². The van der Waals surface area contributed by atoms with Crippen LogP contribution in [-0.2, 0) is 0 Å². The Hall–Kier alpha value is -1.10. The van der Waals surface area contributed by atoms with Gasteiger partial charge in [0.25, 0.3) is 0 Å². The number of hydrogen-bond acceptors (Lipinski definition) is 5. The second-order valence-electron chi connectivity index (χ2n) is 4.96. The molecule has 2 heterocycles. The molecule has 1 fully saturated rings. The molecule has 0 saturated carbocycles. The largest absolute Gasteiger partial charge is 0.347 e. The van der Waals surface area contributed by atoms with E-state index in [1.807, 2.05) is 19.0 Å². The van der Waals surface area contributed by atoms with Gasteiger partial charge >= 0.3 is 0 Å². The molecular formula is C11H18ClN5.